The Morgan fingerprint density at radius 2 is 1.80 bits per heavy atom. The number of hydrogen-bond acceptors (Lipinski definition) is 6. The lowest BCUT2D eigenvalue weighted by Crippen LogP contribution is -2.36. The molecule has 178 valence electrons. The number of thioether (sulfide) groups is 1. The van der Waals surface area contributed by atoms with Gasteiger partial charge in [-0.2, -0.15) is 0 Å². The topological polar surface area (TPSA) is 84.9 Å². The summed E-state index contributed by atoms with van der Waals surface area (Å²) in [6, 6.07) is 22.3. The smallest absolute Gasteiger partial charge is 0.294 e. The molecule has 1 fully saturated rings. The highest BCUT2D eigenvalue weighted by Crippen LogP contribution is 2.34. The molecule has 0 atom stereocenters. The fourth-order valence-corrected chi connectivity index (χ4v) is 4.32. The molecule has 7 nitrogen and oxygen atoms in total. The zero-order valence-corrected chi connectivity index (χ0v) is 20.1. The molecule has 0 aromatic heterocycles. The molecule has 0 aliphatic carbocycles. The number of aryl methyl sites for hydroxylation is 1. The molecule has 1 N–H and O–H groups in total. The molecule has 0 radical (unpaired) electrons. The molecule has 0 unspecified atom stereocenters. The van der Waals surface area contributed by atoms with E-state index in [-0.39, 0.29) is 11.4 Å². The second-order valence-corrected chi connectivity index (χ2v) is 8.86. The number of amides is 3. The van der Waals surface area contributed by atoms with Crippen molar-refractivity contribution >= 4 is 40.6 Å². The lowest BCUT2D eigenvalue weighted by atomic mass is 10.1. The average molecular weight is 489 g/mol. The van der Waals surface area contributed by atoms with Gasteiger partial charge in [0.15, 0.2) is 11.5 Å². The largest absolute Gasteiger partial charge is 0.493 e. The van der Waals surface area contributed by atoms with Crippen LogP contribution in [0.15, 0.2) is 77.7 Å². The summed E-state index contributed by atoms with van der Waals surface area (Å²) in [4.78, 5) is 38.8. The number of rotatable bonds is 8. The van der Waals surface area contributed by atoms with Gasteiger partial charge in [-0.25, -0.2) is 0 Å². The van der Waals surface area contributed by atoms with Crippen LogP contribution in [0.1, 0.15) is 16.7 Å². The monoisotopic (exact) mass is 488 g/mol. The Labute approximate surface area is 207 Å². The number of nitrogens with zero attached hydrogens (tertiary/aromatic N) is 1. The number of carbonyl (C=O) groups is 3. The first-order valence-corrected chi connectivity index (χ1v) is 11.7. The first-order chi connectivity index (χ1) is 16.9. The molecule has 0 saturated carbocycles. The number of anilines is 1. The second kappa shape index (κ2) is 10.9. The lowest BCUT2D eigenvalue weighted by Gasteiger charge is -2.13. The van der Waals surface area contributed by atoms with E-state index in [1.54, 1.807) is 30.3 Å². The third kappa shape index (κ3) is 6.10. The molecule has 4 rings (SSSR count). The van der Waals surface area contributed by atoms with Crippen molar-refractivity contribution in [3.63, 3.8) is 0 Å². The molecule has 3 amide bonds. The van der Waals surface area contributed by atoms with Crippen molar-refractivity contribution in [1.82, 2.24) is 4.90 Å². The van der Waals surface area contributed by atoms with Gasteiger partial charge in [0, 0.05) is 5.69 Å². The highest BCUT2D eigenvalue weighted by atomic mass is 32.2. The fourth-order valence-electron chi connectivity index (χ4n) is 3.48. The average Bonchev–Trinajstić information content (AvgIpc) is 3.11. The molecule has 1 aliphatic heterocycles. The Bertz CT molecular complexity index is 1290. The molecular formula is C27H24N2O5S. The van der Waals surface area contributed by atoms with Gasteiger partial charge in [-0.15, -0.1) is 0 Å². The summed E-state index contributed by atoms with van der Waals surface area (Å²) in [6.07, 6.45) is 1.60. The number of ether oxygens (including phenoxy) is 2. The third-order valence-corrected chi connectivity index (χ3v) is 6.11. The van der Waals surface area contributed by atoms with Crippen molar-refractivity contribution in [2.24, 2.45) is 0 Å². The number of nitrogens with one attached hydrogen (secondary N) is 1. The van der Waals surface area contributed by atoms with E-state index in [0.29, 0.717) is 29.4 Å². The predicted molar refractivity (Wildman–Crippen MR) is 136 cm³/mol. The van der Waals surface area contributed by atoms with Crippen molar-refractivity contribution in [2.75, 3.05) is 19.0 Å². The summed E-state index contributed by atoms with van der Waals surface area (Å²) in [5.41, 5.74) is 3.30. The quantitative estimate of drug-likeness (QED) is 0.436. The van der Waals surface area contributed by atoms with Gasteiger partial charge >= 0.3 is 0 Å². The van der Waals surface area contributed by atoms with Gasteiger partial charge in [-0.05, 0) is 65.7 Å². The van der Waals surface area contributed by atoms with Crippen LogP contribution < -0.4 is 14.8 Å². The van der Waals surface area contributed by atoms with Crippen LogP contribution in [-0.4, -0.2) is 35.6 Å². The predicted octanol–water partition coefficient (Wildman–Crippen LogP) is 5.26. The van der Waals surface area contributed by atoms with Gasteiger partial charge in [-0.1, -0.05) is 48.5 Å². The number of hydrogen-bond donors (Lipinski definition) is 1. The highest BCUT2D eigenvalue weighted by molar-refractivity contribution is 8.18. The molecule has 1 heterocycles. The summed E-state index contributed by atoms with van der Waals surface area (Å²) in [5, 5.41) is 2.23. The van der Waals surface area contributed by atoms with Crippen LogP contribution in [0.2, 0.25) is 0 Å². The third-order valence-electron chi connectivity index (χ3n) is 5.20. The van der Waals surface area contributed by atoms with E-state index in [0.717, 1.165) is 27.8 Å². The van der Waals surface area contributed by atoms with E-state index in [1.807, 2.05) is 55.5 Å². The van der Waals surface area contributed by atoms with E-state index >= 15 is 0 Å². The number of benzene rings is 3. The minimum atomic E-state index is -0.511. The van der Waals surface area contributed by atoms with Crippen LogP contribution in [0.5, 0.6) is 11.5 Å². The van der Waals surface area contributed by atoms with Crippen LogP contribution in [0.3, 0.4) is 0 Å². The number of methoxy groups -OCH3 is 1. The standard InChI is InChI=1S/C27H24N2O5S/c1-18-7-6-10-21(13-18)28-25(30)16-29-26(31)24(35-27(29)32)15-20-11-12-22(23(14-20)33-2)34-17-19-8-4-3-5-9-19/h3-15H,16-17H2,1-2H3,(H,28,30)/b24-15+. The minimum absolute atomic E-state index is 0.235. The molecule has 3 aromatic carbocycles. The van der Waals surface area contributed by atoms with Gasteiger partial charge in [0.1, 0.15) is 13.2 Å². The summed E-state index contributed by atoms with van der Waals surface area (Å²) in [5.74, 6) is 0.115. The first-order valence-electron chi connectivity index (χ1n) is 10.9. The molecule has 0 spiro atoms. The molecule has 1 aliphatic rings. The Morgan fingerprint density at radius 1 is 1.00 bits per heavy atom. The number of imide groups is 1. The molecule has 1 saturated heterocycles. The Hall–Kier alpha value is -4.04. The zero-order chi connectivity index (χ0) is 24.8. The maximum absolute atomic E-state index is 12.8. The highest BCUT2D eigenvalue weighted by Gasteiger charge is 2.36. The molecule has 8 heteroatoms. The van der Waals surface area contributed by atoms with E-state index in [4.69, 9.17) is 9.47 Å². The Balaban J connectivity index is 1.43. The normalized spacial score (nSPS) is 14.3. The van der Waals surface area contributed by atoms with Gasteiger partial charge < -0.3 is 14.8 Å². The van der Waals surface area contributed by atoms with Gasteiger partial charge in [0.25, 0.3) is 11.1 Å². The van der Waals surface area contributed by atoms with Crippen molar-refractivity contribution in [3.05, 3.63) is 94.4 Å². The van der Waals surface area contributed by atoms with Crippen molar-refractivity contribution in [1.29, 1.82) is 0 Å². The molecular weight excluding hydrogens is 464 g/mol. The van der Waals surface area contributed by atoms with E-state index in [2.05, 4.69) is 5.32 Å². The van der Waals surface area contributed by atoms with Gasteiger partial charge in [-0.3, -0.25) is 19.3 Å². The van der Waals surface area contributed by atoms with Crippen molar-refractivity contribution < 1.29 is 23.9 Å². The molecule has 3 aromatic rings. The maximum atomic E-state index is 12.8. The van der Waals surface area contributed by atoms with E-state index < -0.39 is 17.1 Å². The summed E-state index contributed by atoms with van der Waals surface area (Å²) >= 11 is 0.799. The second-order valence-electron chi connectivity index (χ2n) is 7.87. The molecule has 0 bridgehead atoms. The van der Waals surface area contributed by atoms with Crippen molar-refractivity contribution in [2.45, 2.75) is 13.5 Å². The Kier molecular flexibility index (Phi) is 7.52. The van der Waals surface area contributed by atoms with Crippen LogP contribution in [0.25, 0.3) is 6.08 Å². The fraction of sp³-hybridized carbons (Fsp3) is 0.148. The van der Waals surface area contributed by atoms with Gasteiger partial charge in [0.05, 0.1) is 12.0 Å². The van der Waals surface area contributed by atoms with Crippen LogP contribution in [-0.2, 0) is 16.2 Å². The van der Waals surface area contributed by atoms with Crippen LogP contribution in [0.4, 0.5) is 10.5 Å². The summed E-state index contributed by atoms with van der Waals surface area (Å²) in [7, 11) is 1.54. The SMILES string of the molecule is COc1cc(/C=C2/SC(=O)N(CC(=O)Nc3cccc(C)c3)C2=O)ccc1OCc1ccccc1. The molecule has 35 heavy (non-hydrogen) atoms. The minimum Gasteiger partial charge on any atom is -0.493 e. The summed E-state index contributed by atoms with van der Waals surface area (Å²) < 4.78 is 11.3. The number of carbonyl (C=O) groups excluding carboxylic acids is 3. The van der Waals surface area contributed by atoms with Crippen molar-refractivity contribution in [3.8, 4) is 11.5 Å². The van der Waals surface area contributed by atoms with Gasteiger partial charge in [0.2, 0.25) is 5.91 Å². The zero-order valence-electron chi connectivity index (χ0n) is 19.3. The summed E-state index contributed by atoms with van der Waals surface area (Å²) in [6.45, 7) is 1.94. The lowest BCUT2D eigenvalue weighted by molar-refractivity contribution is -0.127. The van der Waals surface area contributed by atoms with E-state index in [1.165, 1.54) is 7.11 Å². The van der Waals surface area contributed by atoms with Crippen LogP contribution >= 0.6 is 11.8 Å². The Morgan fingerprint density at radius 3 is 2.54 bits per heavy atom. The first kappa shape index (κ1) is 24.1. The maximum Gasteiger partial charge on any atom is 0.294 e. The van der Waals surface area contributed by atoms with E-state index in [9.17, 15) is 14.4 Å². The van der Waals surface area contributed by atoms with Crippen LogP contribution in [0, 0.1) is 6.92 Å².